The van der Waals surface area contributed by atoms with E-state index in [9.17, 15) is 9.59 Å². The first-order valence-corrected chi connectivity index (χ1v) is 9.95. The summed E-state index contributed by atoms with van der Waals surface area (Å²) in [6, 6.07) is 16.4. The second-order valence-corrected chi connectivity index (χ2v) is 7.49. The molecule has 0 saturated carbocycles. The van der Waals surface area contributed by atoms with Gasteiger partial charge >= 0.3 is 0 Å². The van der Waals surface area contributed by atoms with Gasteiger partial charge in [-0.05, 0) is 37.1 Å². The molecule has 0 radical (unpaired) electrons. The summed E-state index contributed by atoms with van der Waals surface area (Å²) in [6.07, 6.45) is 2.02. The number of imidazole rings is 1. The van der Waals surface area contributed by atoms with Crippen LogP contribution in [0.4, 0.5) is 11.6 Å². The van der Waals surface area contributed by atoms with Crippen molar-refractivity contribution in [2.75, 3.05) is 23.4 Å². The van der Waals surface area contributed by atoms with Crippen LogP contribution in [0.1, 0.15) is 25.3 Å². The number of hydrogen-bond acceptors (Lipinski definition) is 4. The molecule has 0 spiro atoms. The van der Waals surface area contributed by atoms with E-state index < -0.39 is 6.04 Å². The van der Waals surface area contributed by atoms with Gasteiger partial charge in [-0.3, -0.25) is 19.1 Å². The molecule has 7 heteroatoms. The van der Waals surface area contributed by atoms with E-state index >= 15 is 0 Å². The molecule has 148 valence electrons. The van der Waals surface area contributed by atoms with E-state index in [1.165, 1.54) is 0 Å². The molecule has 1 fully saturated rings. The normalized spacial score (nSPS) is 21.0. The minimum Gasteiger partial charge on any atom is -0.376 e. The highest BCUT2D eigenvalue weighted by Crippen LogP contribution is 2.37. The van der Waals surface area contributed by atoms with Crippen LogP contribution in [-0.2, 0) is 14.3 Å². The van der Waals surface area contributed by atoms with Crippen molar-refractivity contribution in [1.82, 2.24) is 9.55 Å². The first kappa shape index (κ1) is 17.9. The average Bonchev–Trinajstić information content (AvgIpc) is 3.43. The topological polar surface area (TPSA) is 76.5 Å². The fourth-order valence-corrected chi connectivity index (χ4v) is 4.17. The maximum absolute atomic E-state index is 13.3. The van der Waals surface area contributed by atoms with Crippen molar-refractivity contribution < 1.29 is 14.3 Å². The van der Waals surface area contributed by atoms with Crippen molar-refractivity contribution in [1.29, 1.82) is 0 Å². The van der Waals surface area contributed by atoms with Gasteiger partial charge in [0.15, 0.2) is 0 Å². The molecule has 1 aromatic heterocycles. The van der Waals surface area contributed by atoms with E-state index in [-0.39, 0.29) is 24.3 Å². The number of hydrogen-bond donors (Lipinski definition) is 1. The number of carbonyl (C=O) groups is 2. The summed E-state index contributed by atoms with van der Waals surface area (Å²) in [5.41, 5.74) is 2.40. The Kier molecular flexibility index (Phi) is 4.52. The number of nitrogens with one attached hydrogen (secondary N) is 1. The molecule has 2 aliphatic heterocycles. The summed E-state index contributed by atoms with van der Waals surface area (Å²) in [6.45, 7) is 1.20. The second kappa shape index (κ2) is 7.33. The predicted molar refractivity (Wildman–Crippen MR) is 110 cm³/mol. The molecule has 0 bridgehead atoms. The van der Waals surface area contributed by atoms with Gasteiger partial charge in [-0.15, -0.1) is 0 Å². The third-order valence-electron chi connectivity index (χ3n) is 5.53. The second-order valence-electron chi connectivity index (χ2n) is 7.49. The van der Waals surface area contributed by atoms with Crippen molar-refractivity contribution in [2.45, 2.75) is 31.4 Å². The van der Waals surface area contributed by atoms with Crippen molar-refractivity contribution in [3.05, 3.63) is 54.6 Å². The van der Waals surface area contributed by atoms with E-state index in [1.807, 2.05) is 59.2 Å². The summed E-state index contributed by atoms with van der Waals surface area (Å²) in [5, 5.41) is 2.88. The zero-order chi connectivity index (χ0) is 19.8. The molecule has 7 nitrogen and oxygen atoms in total. The molecular weight excluding hydrogens is 368 g/mol. The van der Waals surface area contributed by atoms with Crippen LogP contribution in [0.3, 0.4) is 0 Å². The number of benzene rings is 2. The fourth-order valence-electron chi connectivity index (χ4n) is 4.17. The van der Waals surface area contributed by atoms with Gasteiger partial charge in [-0.25, -0.2) is 4.98 Å². The maximum atomic E-state index is 13.3. The number of amides is 2. The Labute approximate surface area is 168 Å². The molecule has 2 atom stereocenters. The monoisotopic (exact) mass is 390 g/mol. The lowest BCUT2D eigenvalue weighted by atomic mass is 10.1. The Balaban J connectivity index is 1.45. The largest absolute Gasteiger partial charge is 0.376 e. The molecule has 3 aromatic rings. The number of fused-ring (bicyclic) bond motifs is 3. The predicted octanol–water partition coefficient (Wildman–Crippen LogP) is 3.13. The Morgan fingerprint density at radius 1 is 1.14 bits per heavy atom. The van der Waals surface area contributed by atoms with Crippen LogP contribution in [0, 0.1) is 0 Å². The molecule has 2 amide bonds. The third-order valence-corrected chi connectivity index (χ3v) is 5.53. The average molecular weight is 390 g/mol. The lowest BCUT2D eigenvalue weighted by Crippen LogP contribution is -2.37. The van der Waals surface area contributed by atoms with Crippen molar-refractivity contribution in [2.24, 2.45) is 0 Å². The Bertz CT molecular complexity index is 1060. The SMILES string of the molecule is O=C(C[C@@H]1C(=O)N(C[C@H]2CCCO2)c2nc3ccccc3n21)Nc1ccccc1. The van der Waals surface area contributed by atoms with Gasteiger partial charge in [-0.1, -0.05) is 30.3 Å². The number of nitrogens with zero attached hydrogens (tertiary/aromatic N) is 3. The summed E-state index contributed by atoms with van der Waals surface area (Å²) < 4.78 is 7.64. The lowest BCUT2D eigenvalue weighted by Gasteiger charge is -2.19. The standard InChI is InChI=1S/C22H22N4O3/c27-20(23-15-7-2-1-3-8-15)13-19-21(28)25(14-16-9-6-12-29-16)22-24-17-10-4-5-11-18(17)26(19)22/h1-5,7-8,10-11,16,19H,6,9,12-14H2,(H,23,27)/t16-,19-/m1/s1. The highest BCUT2D eigenvalue weighted by atomic mass is 16.5. The Morgan fingerprint density at radius 2 is 1.93 bits per heavy atom. The van der Waals surface area contributed by atoms with E-state index in [0.717, 1.165) is 36.2 Å². The van der Waals surface area contributed by atoms with E-state index in [1.54, 1.807) is 4.90 Å². The van der Waals surface area contributed by atoms with Crippen LogP contribution in [0.25, 0.3) is 11.0 Å². The minimum atomic E-state index is -0.609. The van der Waals surface area contributed by atoms with Crippen molar-refractivity contribution in [3.63, 3.8) is 0 Å². The summed E-state index contributed by atoms with van der Waals surface area (Å²) in [4.78, 5) is 32.3. The number of aromatic nitrogens is 2. The number of para-hydroxylation sites is 3. The quantitative estimate of drug-likeness (QED) is 0.726. The fraction of sp³-hybridized carbons (Fsp3) is 0.318. The van der Waals surface area contributed by atoms with Gasteiger partial charge in [0.1, 0.15) is 6.04 Å². The smallest absolute Gasteiger partial charge is 0.253 e. The van der Waals surface area contributed by atoms with Gasteiger partial charge in [-0.2, -0.15) is 0 Å². The van der Waals surface area contributed by atoms with Crippen molar-refractivity contribution in [3.8, 4) is 0 Å². The molecule has 1 N–H and O–H groups in total. The number of anilines is 2. The van der Waals surface area contributed by atoms with Crippen LogP contribution in [0.2, 0.25) is 0 Å². The van der Waals surface area contributed by atoms with E-state index in [0.29, 0.717) is 12.5 Å². The molecule has 0 aliphatic carbocycles. The Morgan fingerprint density at radius 3 is 2.72 bits per heavy atom. The molecule has 29 heavy (non-hydrogen) atoms. The zero-order valence-corrected chi connectivity index (χ0v) is 16.0. The maximum Gasteiger partial charge on any atom is 0.253 e. The van der Waals surface area contributed by atoms with Crippen LogP contribution in [0.5, 0.6) is 0 Å². The molecule has 3 heterocycles. The minimum absolute atomic E-state index is 0.0177. The zero-order valence-electron chi connectivity index (χ0n) is 16.0. The molecule has 2 aliphatic rings. The van der Waals surface area contributed by atoms with Gasteiger partial charge in [0.05, 0.1) is 30.1 Å². The Hall–Kier alpha value is -3.19. The van der Waals surface area contributed by atoms with Gasteiger partial charge in [0.25, 0.3) is 5.91 Å². The first-order chi connectivity index (χ1) is 14.2. The molecular formula is C22H22N4O3. The number of carbonyl (C=O) groups excluding carboxylic acids is 2. The van der Waals surface area contributed by atoms with Gasteiger partial charge in [0.2, 0.25) is 11.9 Å². The van der Waals surface area contributed by atoms with Crippen LogP contribution in [0.15, 0.2) is 54.6 Å². The number of rotatable bonds is 5. The molecule has 5 rings (SSSR count). The van der Waals surface area contributed by atoms with Gasteiger partial charge < -0.3 is 10.1 Å². The number of ether oxygens (including phenoxy) is 1. The van der Waals surface area contributed by atoms with Gasteiger partial charge in [0, 0.05) is 12.3 Å². The van der Waals surface area contributed by atoms with Crippen LogP contribution >= 0.6 is 0 Å². The third kappa shape index (κ3) is 3.27. The molecule has 0 unspecified atom stereocenters. The summed E-state index contributed by atoms with van der Waals surface area (Å²) in [7, 11) is 0. The molecule has 2 aromatic carbocycles. The molecule has 1 saturated heterocycles. The highest BCUT2D eigenvalue weighted by molar-refractivity contribution is 6.05. The van der Waals surface area contributed by atoms with E-state index in [2.05, 4.69) is 10.3 Å². The summed E-state index contributed by atoms with van der Waals surface area (Å²) >= 11 is 0. The summed E-state index contributed by atoms with van der Waals surface area (Å²) in [5.74, 6) is 0.304. The van der Waals surface area contributed by atoms with E-state index in [4.69, 9.17) is 4.74 Å². The van der Waals surface area contributed by atoms with Crippen LogP contribution in [-0.4, -0.2) is 40.6 Å². The first-order valence-electron chi connectivity index (χ1n) is 9.95. The van der Waals surface area contributed by atoms with Crippen molar-refractivity contribution >= 4 is 34.5 Å². The lowest BCUT2D eigenvalue weighted by molar-refractivity contribution is -0.124. The van der Waals surface area contributed by atoms with Crippen LogP contribution < -0.4 is 10.2 Å². The highest BCUT2D eigenvalue weighted by Gasteiger charge is 2.42.